The lowest BCUT2D eigenvalue weighted by Crippen LogP contribution is -2.41. The van der Waals surface area contributed by atoms with Crippen LogP contribution in [0.15, 0.2) is 54.6 Å². The number of aliphatic hydroxyl groups is 1. The van der Waals surface area contributed by atoms with Crippen molar-refractivity contribution in [2.45, 2.75) is 31.6 Å². The number of nitrogens with zero attached hydrogens (tertiary/aromatic N) is 2. The van der Waals surface area contributed by atoms with Gasteiger partial charge in [0.1, 0.15) is 11.4 Å². The van der Waals surface area contributed by atoms with Crippen molar-refractivity contribution in [1.29, 1.82) is 0 Å². The van der Waals surface area contributed by atoms with Crippen molar-refractivity contribution in [2.75, 3.05) is 18.0 Å². The largest absolute Gasteiger partial charge is 0.435 e. The molecule has 1 atom stereocenters. The minimum atomic E-state index is -2.86. The highest BCUT2D eigenvalue weighted by molar-refractivity contribution is 5.96. The van der Waals surface area contributed by atoms with Crippen molar-refractivity contribution >= 4 is 11.5 Å². The number of β-amino-alcohol motifs (C(OH)–C–C–N with tert-alkyl or cyclic N) is 1. The molecule has 2 aromatic carbocycles. The van der Waals surface area contributed by atoms with Gasteiger partial charge in [0.05, 0.1) is 6.54 Å². The Hall–Kier alpha value is -2.47. The van der Waals surface area contributed by atoms with E-state index < -0.39 is 12.3 Å². The first-order valence-electron chi connectivity index (χ1n) is 8.82. The average Bonchev–Trinajstić information content (AvgIpc) is 2.97. The van der Waals surface area contributed by atoms with Crippen LogP contribution in [0.1, 0.15) is 24.8 Å². The van der Waals surface area contributed by atoms with Gasteiger partial charge in [-0.05, 0) is 49.2 Å². The van der Waals surface area contributed by atoms with E-state index in [4.69, 9.17) is 0 Å². The molecule has 2 heterocycles. The third-order valence-corrected chi connectivity index (χ3v) is 5.09. The molecule has 26 heavy (non-hydrogen) atoms. The molecule has 0 aromatic heterocycles. The van der Waals surface area contributed by atoms with E-state index >= 15 is 0 Å². The highest BCUT2D eigenvalue weighted by Crippen LogP contribution is 2.36. The minimum absolute atomic E-state index is 0.0908. The van der Waals surface area contributed by atoms with Crippen molar-refractivity contribution < 1.29 is 23.2 Å². The van der Waals surface area contributed by atoms with Gasteiger partial charge in [0.2, 0.25) is 0 Å². The van der Waals surface area contributed by atoms with Crippen molar-refractivity contribution in [3.8, 4) is 5.75 Å². The lowest BCUT2D eigenvalue weighted by molar-refractivity contribution is -0.661. The Balaban J connectivity index is 1.70. The molecule has 2 aromatic rings. The quantitative estimate of drug-likeness (QED) is 0.848. The Morgan fingerprint density at radius 2 is 1.77 bits per heavy atom. The highest BCUT2D eigenvalue weighted by atomic mass is 19.3. The first-order chi connectivity index (χ1) is 12.6. The molecule has 1 N–H and O–H groups in total. The summed E-state index contributed by atoms with van der Waals surface area (Å²) in [6.07, 6.45) is 3.01. The van der Waals surface area contributed by atoms with Gasteiger partial charge in [-0.3, -0.25) is 0 Å². The van der Waals surface area contributed by atoms with Gasteiger partial charge < -0.3 is 9.84 Å². The average molecular weight is 359 g/mol. The Kier molecular flexibility index (Phi) is 4.36. The molecule has 0 saturated heterocycles. The summed E-state index contributed by atoms with van der Waals surface area (Å²) in [6.45, 7) is -1.68. The standard InChI is InChI=1S/C20H21F2N2O2/c21-19(22)26-17-11-9-15(10-12-17)20(25)14-23(16-6-2-1-3-7-16)18-8-4-5-13-24(18)20/h1-3,6-7,9-12,19,25H,4-5,8,13-14H2/q+1/t20-/m1/s1. The van der Waals surface area contributed by atoms with Crippen LogP contribution in [0.5, 0.6) is 5.75 Å². The lowest BCUT2D eigenvalue weighted by Gasteiger charge is -2.24. The molecule has 0 saturated carbocycles. The van der Waals surface area contributed by atoms with Crippen LogP contribution in [0.4, 0.5) is 14.5 Å². The molecule has 0 bridgehead atoms. The number of ether oxygens (including phenoxy) is 1. The summed E-state index contributed by atoms with van der Waals surface area (Å²) in [6, 6.07) is 16.3. The fourth-order valence-corrected chi connectivity index (χ4v) is 3.89. The van der Waals surface area contributed by atoms with Crippen molar-refractivity contribution in [3.05, 3.63) is 60.2 Å². The Labute approximate surface area is 151 Å². The number of halogens is 2. The zero-order chi connectivity index (χ0) is 18.1. The number of amidine groups is 1. The molecule has 0 unspecified atom stereocenters. The van der Waals surface area contributed by atoms with Crippen LogP contribution in [0.3, 0.4) is 0 Å². The molecular weight excluding hydrogens is 338 g/mol. The van der Waals surface area contributed by atoms with Crippen LogP contribution < -0.4 is 9.64 Å². The van der Waals surface area contributed by atoms with E-state index in [1.165, 1.54) is 12.1 Å². The second kappa shape index (κ2) is 6.68. The maximum absolute atomic E-state index is 12.4. The monoisotopic (exact) mass is 359 g/mol. The van der Waals surface area contributed by atoms with Gasteiger partial charge in [-0.15, -0.1) is 0 Å². The van der Waals surface area contributed by atoms with Crippen LogP contribution in [0.2, 0.25) is 0 Å². The van der Waals surface area contributed by atoms with Gasteiger partial charge >= 0.3 is 6.61 Å². The Bertz CT molecular complexity index is 808. The predicted molar refractivity (Wildman–Crippen MR) is 94.7 cm³/mol. The maximum atomic E-state index is 12.4. The van der Waals surface area contributed by atoms with Crippen LogP contribution >= 0.6 is 0 Å². The van der Waals surface area contributed by atoms with E-state index in [0.717, 1.165) is 37.3 Å². The highest BCUT2D eigenvalue weighted by Gasteiger charge is 2.52. The molecule has 0 fully saturated rings. The molecule has 0 aliphatic carbocycles. The minimum Gasteiger partial charge on any atom is -0.435 e. The van der Waals surface area contributed by atoms with Crippen molar-refractivity contribution in [3.63, 3.8) is 0 Å². The van der Waals surface area contributed by atoms with E-state index in [1.807, 2.05) is 34.9 Å². The van der Waals surface area contributed by atoms with E-state index in [1.54, 1.807) is 12.1 Å². The normalized spacial score (nSPS) is 22.7. The molecule has 0 spiro atoms. The van der Waals surface area contributed by atoms with Crippen LogP contribution in [-0.2, 0) is 5.72 Å². The fraction of sp³-hybridized carbons (Fsp3) is 0.350. The molecule has 4 rings (SSSR count). The third-order valence-electron chi connectivity index (χ3n) is 5.09. The second-order valence-corrected chi connectivity index (χ2v) is 6.67. The number of anilines is 1. The first-order valence-corrected chi connectivity index (χ1v) is 8.82. The van der Waals surface area contributed by atoms with Crippen molar-refractivity contribution in [1.82, 2.24) is 0 Å². The second-order valence-electron chi connectivity index (χ2n) is 6.67. The summed E-state index contributed by atoms with van der Waals surface area (Å²) in [7, 11) is 0. The van der Waals surface area contributed by atoms with Gasteiger partial charge in [0, 0.05) is 12.0 Å². The summed E-state index contributed by atoms with van der Waals surface area (Å²) in [4.78, 5) is 2.16. The van der Waals surface area contributed by atoms with Gasteiger partial charge in [-0.2, -0.15) is 8.78 Å². The third kappa shape index (κ3) is 2.94. The lowest BCUT2D eigenvalue weighted by atomic mass is 10.0. The molecule has 2 aliphatic rings. The fourth-order valence-electron chi connectivity index (χ4n) is 3.89. The summed E-state index contributed by atoms with van der Waals surface area (Å²) < 4.78 is 31.2. The molecule has 0 amide bonds. The van der Waals surface area contributed by atoms with Gasteiger partial charge in [-0.1, -0.05) is 18.2 Å². The summed E-state index contributed by atoms with van der Waals surface area (Å²) in [5.74, 6) is 1.20. The van der Waals surface area contributed by atoms with E-state index in [0.29, 0.717) is 12.1 Å². The Morgan fingerprint density at radius 1 is 1.04 bits per heavy atom. The number of hydrogen-bond donors (Lipinski definition) is 1. The van der Waals surface area contributed by atoms with Gasteiger partial charge in [0.25, 0.3) is 11.6 Å². The number of rotatable bonds is 4. The summed E-state index contributed by atoms with van der Waals surface area (Å²) in [5, 5.41) is 11.5. The molecule has 0 radical (unpaired) electrons. The summed E-state index contributed by atoms with van der Waals surface area (Å²) >= 11 is 0. The van der Waals surface area contributed by atoms with Gasteiger partial charge in [0.15, 0.2) is 6.54 Å². The molecule has 4 nitrogen and oxygen atoms in total. The number of benzene rings is 2. The SMILES string of the molecule is O[C@@]1(c2ccc(OC(F)F)cc2)CN(c2ccccc2)C2=[N+]1CCCC2. The van der Waals surface area contributed by atoms with Gasteiger partial charge in [-0.25, -0.2) is 9.48 Å². The zero-order valence-electron chi connectivity index (χ0n) is 14.3. The van der Waals surface area contributed by atoms with E-state index in [-0.39, 0.29) is 5.75 Å². The summed E-state index contributed by atoms with van der Waals surface area (Å²) in [5.41, 5.74) is 0.537. The topological polar surface area (TPSA) is 35.7 Å². The van der Waals surface area contributed by atoms with Crippen LogP contribution in [0, 0.1) is 0 Å². The van der Waals surface area contributed by atoms with E-state index in [9.17, 15) is 13.9 Å². The number of hydrogen-bond acceptors (Lipinski definition) is 3. The zero-order valence-corrected chi connectivity index (χ0v) is 14.3. The maximum Gasteiger partial charge on any atom is 0.387 e. The van der Waals surface area contributed by atoms with E-state index in [2.05, 4.69) is 9.64 Å². The van der Waals surface area contributed by atoms with Crippen LogP contribution in [-0.4, -0.2) is 35.2 Å². The number of alkyl halides is 2. The Morgan fingerprint density at radius 3 is 2.46 bits per heavy atom. The van der Waals surface area contributed by atoms with Crippen molar-refractivity contribution in [2.24, 2.45) is 0 Å². The smallest absolute Gasteiger partial charge is 0.387 e. The molecular formula is C20H21F2N2O2+. The molecule has 136 valence electrons. The molecule has 2 aliphatic heterocycles. The van der Waals surface area contributed by atoms with Crippen LogP contribution in [0.25, 0.3) is 0 Å². The molecule has 6 heteroatoms. The first kappa shape index (κ1) is 17.0. The predicted octanol–water partition coefficient (Wildman–Crippen LogP) is 3.55. The number of para-hydroxylation sites is 1.